The molecule has 0 aliphatic rings. The van der Waals surface area contributed by atoms with Crippen LogP contribution in [0.3, 0.4) is 0 Å². The summed E-state index contributed by atoms with van der Waals surface area (Å²) in [7, 11) is 1.25. The number of pyridine rings is 1. The van der Waals surface area contributed by atoms with Gasteiger partial charge in [0.1, 0.15) is 12.1 Å². The minimum Gasteiger partial charge on any atom is -0.618 e. The summed E-state index contributed by atoms with van der Waals surface area (Å²) in [5.74, 6) is -2.83. The van der Waals surface area contributed by atoms with Gasteiger partial charge in [-0.3, -0.25) is 4.79 Å². The number of methoxy groups -OCH3 is 1. The summed E-state index contributed by atoms with van der Waals surface area (Å²) < 4.78 is 10.6. The number of nitrogens with zero attached hydrogens (tertiary/aromatic N) is 1. The molecule has 0 spiro atoms. The molecule has 38 heavy (non-hydrogen) atoms. The first-order valence-corrected chi connectivity index (χ1v) is 12.5. The van der Waals surface area contributed by atoms with Gasteiger partial charge in [-0.25, -0.2) is 4.79 Å². The maximum absolute atomic E-state index is 13.0. The van der Waals surface area contributed by atoms with Gasteiger partial charge in [0.25, 0.3) is 0 Å². The first-order chi connectivity index (χ1) is 17.8. The number of aromatic nitrogens is 1. The van der Waals surface area contributed by atoms with Gasteiger partial charge >= 0.3 is 17.6 Å². The zero-order chi connectivity index (χ0) is 28.4. The Morgan fingerprint density at radius 3 is 1.97 bits per heavy atom. The molecule has 0 unspecified atom stereocenters. The number of carbonyl (C=O) groups is 2. The molecule has 2 aromatic carbocycles. The second-order valence-electron chi connectivity index (χ2n) is 8.21. The van der Waals surface area contributed by atoms with Crippen LogP contribution in [0.4, 0.5) is 0 Å². The van der Waals surface area contributed by atoms with Gasteiger partial charge in [0, 0.05) is 6.07 Å². The summed E-state index contributed by atoms with van der Waals surface area (Å²) >= 11 is 24.5. The highest BCUT2D eigenvalue weighted by molar-refractivity contribution is 6.42. The number of hydrogen-bond acceptors (Lipinski definition) is 7. The number of ether oxygens (including phenoxy) is 2. The topological polar surface area (TPSA) is 132 Å². The van der Waals surface area contributed by atoms with E-state index in [9.17, 15) is 25.0 Å². The third-order valence-corrected chi connectivity index (χ3v) is 7.25. The Hall–Kier alpha value is -2.95. The van der Waals surface area contributed by atoms with Crippen molar-refractivity contribution in [1.82, 2.24) is 5.32 Å². The predicted octanol–water partition coefficient (Wildman–Crippen LogP) is 4.63. The van der Waals surface area contributed by atoms with Crippen LogP contribution in [0.2, 0.25) is 20.1 Å². The zero-order valence-corrected chi connectivity index (χ0v) is 23.2. The lowest BCUT2D eigenvalue weighted by molar-refractivity contribution is -0.608. The van der Waals surface area contributed by atoms with Gasteiger partial charge in [0.05, 0.1) is 27.2 Å². The number of hydrogen-bond donors (Lipinski definition) is 3. The minimum atomic E-state index is -1.98. The Kier molecular flexibility index (Phi) is 9.22. The van der Waals surface area contributed by atoms with Crippen molar-refractivity contribution in [3.05, 3.63) is 90.8 Å². The highest BCUT2D eigenvalue weighted by atomic mass is 35.5. The molecule has 1 heterocycles. The van der Waals surface area contributed by atoms with Crippen molar-refractivity contribution in [3.63, 3.8) is 0 Å². The smallest absolute Gasteiger partial charge is 0.328 e. The Labute approximate surface area is 238 Å². The molecule has 0 fully saturated rings. The second kappa shape index (κ2) is 11.8. The molecule has 2 atom stereocenters. The molecule has 9 nitrogen and oxygen atoms in total. The first kappa shape index (κ1) is 29.6. The molecule has 0 aliphatic heterocycles. The van der Waals surface area contributed by atoms with E-state index in [0.717, 1.165) is 6.20 Å². The molecule has 3 aromatic rings. The number of aliphatic hydroxyl groups is 1. The van der Waals surface area contributed by atoms with Crippen LogP contribution in [0.1, 0.15) is 35.5 Å². The number of halogens is 4. The Balaban J connectivity index is 1.90. The summed E-state index contributed by atoms with van der Waals surface area (Å²) in [4.78, 5) is 25.6. The molecule has 3 N–H and O–H groups in total. The summed E-state index contributed by atoms with van der Waals surface area (Å²) in [6, 6.07) is 8.65. The molecule has 13 heteroatoms. The highest BCUT2D eigenvalue weighted by Gasteiger charge is 2.42. The van der Waals surface area contributed by atoms with Crippen LogP contribution in [-0.4, -0.2) is 41.3 Å². The fourth-order valence-corrected chi connectivity index (χ4v) is 4.27. The van der Waals surface area contributed by atoms with Gasteiger partial charge < -0.3 is 30.2 Å². The van der Waals surface area contributed by atoms with Crippen LogP contribution in [0.15, 0.2) is 48.7 Å². The van der Waals surface area contributed by atoms with Crippen molar-refractivity contribution in [1.29, 1.82) is 0 Å². The van der Waals surface area contributed by atoms with E-state index >= 15 is 0 Å². The monoisotopic (exact) mass is 602 g/mol. The van der Waals surface area contributed by atoms with Gasteiger partial charge in [-0.15, -0.1) is 0 Å². The average Bonchev–Trinajstić information content (AvgIpc) is 2.86. The van der Waals surface area contributed by atoms with E-state index in [0.29, 0.717) is 0 Å². The van der Waals surface area contributed by atoms with Gasteiger partial charge in [-0.1, -0.05) is 58.5 Å². The number of aromatic hydroxyl groups is 1. The largest absolute Gasteiger partial charge is 0.618 e. The van der Waals surface area contributed by atoms with Crippen molar-refractivity contribution < 1.29 is 34.0 Å². The minimum absolute atomic E-state index is 0.112. The maximum Gasteiger partial charge on any atom is 0.328 e. The van der Waals surface area contributed by atoms with Gasteiger partial charge in [0.15, 0.2) is 17.5 Å². The van der Waals surface area contributed by atoms with Gasteiger partial charge in [0.2, 0.25) is 5.75 Å². The van der Waals surface area contributed by atoms with E-state index in [1.807, 2.05) is 0 Å². The number of esters is 1. The Bertz CT molecular complexity index is 1330. The lowest BCUT2D eigenvalue weighted by Gasteiger charge is -2.35. The van der Waals surface area contributed by atoms with E-state index in [1.165, 1.54) is 63.4 Å². The zero-order valence-electron chi connectivity index (χ0n) is 20.2. The van der Waals surface area contributed by atoms with Crippen molar-refractivity contribution in [2.45, 2.75) is 31.6 Å². The van der Waals surface area contributed by atoms with E-state index in [4.69, 9.17) is 55.9 Å². The van der Waals surface area contributed by atoms with Crippen LogP contribution in [0.25, 0.3) is 0 Å². The molecule has 202 valence electrons. The lowest BCUT2D eigenvalue weighted by atomic mass is 9.82. The molecular weight excluding hydrogens is 582 g/mol. The van der Waals surface area contributed by atoms with Crippen LogP contribution in [-0.2, 0) is 15.1 Å². The van der Waals surface area contributed by atoms with Crippen molar-refractivity contribution >= 4 is 58.3 Å². The summed E-state index contributed by atoms with van der Waals surface area (Å²) in [5.41, 5.74) is -2.20. The fraction of sp³-hybridized carbons (Fsp3) is 0.240. The van der Waals surface area contributed by atoms with Crippen LogP contribution in [0.5, 0.6) is 11.5 Å². The number of amides is 1. The maximum atomic E-state index is 13.0. The SMILES string of the molecule is COc1cc[n+]([O-])c(C(=O)N[C@@H](C)C(=O)O[C@@H](C)C(O)(c2ccc(Cl)c(Cl)c2)c2ccc(Cl)c(Cl)c2)c1O. The molecule has 1 aromatic heterocycles. The molecule has 0 radical (unpaired) electrons. The Morgan fingerprint density at radius 2 is 1.50 bits per heavy atom. The van der Waals surface area contributed by atoms with E-state index in [2.05, 4.69) is 5.32 Å². The lowest BCUT2D eigenvalue weighted by Crippen LogP contribution is -2.48. The normalized spacial score (nSPS) is 12.9. The fourth-order valence-electron chi connectivity index (χ4n) is 3.67. The first-order valence-electron chi connectivity index (χ1n) is 10.9. The molecule has 1 amide bonds. The summed E-state index contributed by atoms with van der Waals surface area (Å²) in [5, 5.41) is 37.2. The van der Waals surface area contributed by atoms with Gasteiger partial charge in [-0.2, -0.15) is 4.73 Å². The predicted molar refractivity (Wildman–Crippen MR) is 142 cm³/mol. The average molecular weight is 604 g/mol. The molecule has 3 rings (SSSR count). The number of rotatable bonds is 8. The second-order valence-corrected chi connectivity index (χ2v) is 9.83. The molecule has 0 bridgehead atoms. The number of carbonyl (C=O) groups excluding carboxylic acids is 2. The molecule has 0 aliphatic carbocycles. The number of nitrogens with one attached hydrogen (secondary N) is 1. The van der Waals surface area contributed by atoms with Crippen molar-refractivity contribution in [2.75, 3.05) is 7.11 Å². The van der Waals surface area contributed by atoms with Crippen LogP contribution >= 0.6 is 46.4 Å². The molecular formula is C25H22Cl4N2O7. The number of benzene rings is 2. The standard InChI is InChI=1S/C25H22Cl4N2O7/c1-12(30-23(33)21-22(32)20(37-3)8-9-31(21)36)24(34)38-13(2)25(35,14-4-6-16(26)18(28)10-14)15-5-7-17(27)19(29)11-15/h4-13,32,35H,1-3H3,(H,30,33)/t12-,13-/m0/s1. The van der Waals surface area contributed by atoms with Crippen LogP contribution < -0.4 is 14.8 Å². The summed E-state index contributed by atoms with van der Waals surface area (Å²) in [6.07, 6.45) is -0.300. The molecule has 0 saturated heterocycles. The Morgan fingerprint density at radius 1 is 0.974 bits per heavy atom. The third-order valence-electron chi connectivity index (χ3n) is 5.78. The highest BCUT2D eigenvalue weighted by Crippen LogP contribution is 2.39. The van der Waals surface area contributed by atoms with E-state index in [1.54, 1.807) is 0 Å². The van der Waals surface area contributed by atoms with E-state index in [-0.39, 0.29) is 41.7 Å². The van der Waals surface area contributed by atoms with E-state index < -0.39 is 41.1 Å². The third kappa shape index (κ3) is 5.87. The quantitative estimate of drug-likeness (QED) is 0.194. The molecule has 0 saturated carbocycles. The van der Waals surface area contributed by atoms with Crippen molar-refractivity contribution in [2.24, 2.45) is 0 Å². The van der Waals surface area contributed by atoms with Gasteiger partial charge in [-0.05, 0) is 49.2 Å². The van der Waals surface area contributed by atoms with Crippen molar-refractivity contribution in [3.8, 4) is 11.5 Å². The van der Waals surface area contributed by atoms with Crippen LogP contribution in [0, 0.1) is 5.21 Å². The summed E-state index contributed by atoms with van der Waals surface area (Å²) in [6.45, 7) is 2.73.